The number of quaternary nitrogens is 1. The Morgan fingerprint density at radius 1 is 1.11 bits per heavy atom. The molecule has 0 aromatic heterocycles. The van der Waals surface area contributed by atoms with Gasteiger partial charge in [0.05, 0.1) is 31.1 Å². The van der Waals surface area contributed by atoms with Crippen molar-refractivity contribution in [1.82, 2.24) is 9.21 Å². The van der Waals surface area contributed by atoms with Crippen LogP contribution in [0.15, 0.2) is 29.2 Å². The van der Waals surface area contributed by atoms with E-state index in [1.165, 1.54) is 10.7 Å². The van der Waals surface area contributed by atoms with Crippen LogP contribution in [0.4, 0.5) is 0 Å². The molecule has 28 heavy (non-hydrogen) atoms. The van der Waals surface area contributed by atoms with Crippen LogP contribution in [-0.2, 0) is 14.8 Å². The number of likely N-dealkylation sites (tertiary alicyclic amines) is 1. The van der Waals surface area contributed by atoms with Crippen LogP contribution >= 0.6 is 11.6 Å². The topological polar surface area (TPSA) is 62.1 Å². The van der Waals surface area contributed by atoms with E-state index < -0.39 is 10.0 Å². The molecule has 2 fully saturated rings. The van der Waals surface area contributed by atoms with E-state index in [-0.39, 0.29) is 28.9 Å². The van der Waals surface area contributed by atoms with E-state index >= 15 is 0 Å². The van der Waals surface area contributed by atoms with Crippen LogP contribution in [0.3, 0.4) is 0 Å². The number of nitrogens with one attached hydrogen (secondary N) is 1. The molecule has 0 unspecified atom stereocenters. The average molecular weight is 429 g/mol. The zero-order valence-electron chi connectivity index (χ0n) is 16.9. The zero-order chi connectivity index (χ0) is 20.5. The Kier molecular flexibility index (Phi) is 6.69. The fourth-order valence-corrected chi connectivity index (χ4v) is 6.02. The Morgan fingerprint density at radius 2 is 1.64 bits per heavy atom. The van der Waals surface area contributed by atoms with Gasteiger partial charge in [-0.05, 0) is 64.3 Å². The standard InChI is InChI=1S/C20H30ClN3O3S/c1-15-5-4-6-16(2)24(15)20(25)17(3)22-11-13-23(14-12-22)28(26,27)19-9-7-18(21)8-10-19/h7-10,15-17H,4-6,11-14H2,1-3H3/p+1/t15-,16-,17-/m1/s1. The third-order valence-corrected chi connectivity index (χ3v) is 8.41. The smallest absolute Gasteiger partial charge is 0.281 e. The lowest BCUT2D eigenvalue weighted by molar-refractivity contribution is -0.918. The molecule has 1 N–H and O–H groups in total. The van der Waals surface area contributed by atoms with Gasteiger partial charge in [-0.2, -0.15) is 4.31 Å². The highest BCUT2D eigenvalue weighted by molar-refractivity contribution is 7.89. The van der Waals surface area contributed by atoms with Crippen molar-refractivity contribution in [3.8, 4) is 0 Å². The highest BCUT2D eigenvalue weighted by Crippen LogP contribution is 2.23. The van der Waals surface area contributed by atoms with Crippen LogP contribution in [0.25, 0.3) is 0 Å². The van der Waals surface area contributed by atoms with Gasteiger partial charge < -0.3 is 9.80 Å². The van der Waals surface area contributed by atoms with Gasteiger partial charge in [0, 0.05) is 17.1 Å². The minimum Gasteiger partial charge on any atom is -0.332 e. The SMILES string of the molecule is C[C@@H]1CCC[C@@H](C)N1C(=O)[C@@H](C)[NH+]1CCN(S(=O)(=O)c2ccc(Cl)cc2)CC1. The molecule has 0 radical (unpaired) electrons. The Bertz CT molecular complexity index is 781. The molecule has 156 valence electrons. The number of hydrogen-bond donors (Lipinski definition) is 1. The lowest BCUT2D eigenvalue weighted by Gasteiger charge is -2.42. The first kappa shape index (κ1) is 21.6. The summed E-state index contributed by atoms with van der Waals surface area (Å²) >= 11 is 5.87. The second kappa shape index (κ2) is 8.69. The molecule has 2 saturated heterocycles. The first-order valence-corrected chi connectivity index (χ1v) is 12.0. The monoisotopic (exact) mass is 428 g/mol. The second-order valence-electron chi connectivity index (χ2n) is 8.11. The van der Waals surface area contributed by atoms with Crippen molar-refractivity contribution < 1.29 is 18.1 Å². The van der Waals surface area contributed by atoms with Gasteiger partial charge >= 0.3 is 0 Å². The molecule has 2 heterocycles. The maximum absolute atomic E-state index is 13.1. The van der Waals surface area contributed by atoms with Crippen LogP contribution in [0, 0.1) is 0 Å². The highest BCUT2D eigenvalue weighted by Gasteiger charge is 2.39. The van der Waals surface area contributed by atoms with Crippen LogP contribution in [0.2, 0.25) is 5.02 Å². The molecule has 8 heteroatoms. The van der Waals surface area contributed by atoms with Crippen LogP contribution in [-0.4, -0.2) is 67.8 Å². The van der Waals surface area contributed by atoms with Crippen molar-refractivity contribution >= 4 is 27.5 Å². The quantitative estimate of drug-likeness (QED) is 0.788. The molecular weight excluding hydrogens is 398 g/mol. The number of piperazine rings is 1. The lowest BCUT2D eigenvalue weighted by Crippen LogP contribution is -3.19. The summed E-state index contributed by atoms with van der Waals surface area (Å²) in [7, 11) is -3.52. The number of hydrogen-bond acceptors (Lipinski definition) is 3. The molecule has 1 aromatic carbocycles. The predicted octanol–water partition coefficient (Wildman–Crippen LogP) is 1.41. The van der Waals surface area contributed by atoms with Gasteiger partial charge in [0.25, 0.3) is 5.91 Å². The maximum Gasteiger partial charge on any atom is 0.281 e. The maximum atomic E-state index is 13.1. The number of halogens is 1. The molecular formula is C20H31ClN3O3S+. The minimum atomic E-state index is -3.52. The van der Waals surface area contributed by atoms with Crippen molar-refractivity contribution in [3.05, 3.63) is 29.3 Å². The van der Waals surface area contributed by atoms with Crippen molar-refractivity contribution in [2.75, 3.05) is 26.2 Å². The number of benzene rings is 1. The van der Waals surface area contributed by atoms with Crippen LogP contribution in [0.5, 0.6) is 0 Å². The summed E-state index contributed by atoms with van der Waals surface area (Å²) in [5.41, 5.74) is 0. The lowest BCUT2D eigenvalue weighted by atomic mass is 9.96. The van der Waals surface area contributed by atoms with Gasteiger partial charge in [-0.15, -0.1) is 0 Å². The van der Waals surface area contributed by atoms with Crippen molar-refractivity contribution in [1.29, 1.82) is 0 Å². The molecule has 0 saturated carbocycles. The van der Waals surface area contributed by atoms with Crippen LogP contribution in [0.1, 0.15) is 40.0 Å². The molecule has 2 aliphatic rings. The fraction of sp³-hybridized carbons (Fsp3) is 0.650. The Morgan fingerprint density at radius 3 is 2.18 bits per heavy atom. The van der Waals surface area contributed by atoms with Gasteiger partial charge in [0.15, 0.2) is 6.04 Å². The number of piperidine rings is 1. The molecule has 3 rings (SSSR count). The Hall–Kier alpha value is -1.15. The molecule has 1 amide bonds. The van der Waals surface area contributed by atoms with Crippen molar-refractivity contribution in [3.63, 3.8) is 0 Å². The fourth-order valence-electron chi connectivity index (χ4n) is 4.46. The second-order valence-corrected chi connectivity index (χ2v) is 10.5. The summed E-state index contributed by atoms with van der Waals surface area (Å²) in [6.07, 6.45) is 3.30. The van der Waals surface area contributed by atoms with Gasteiger partial charge in [-0.25, -0.2) is 8.42 Å². The number of sulfonamides is 1. The molecule has 6 nitrogen and oxygen atoms in total. The van der Waals surface area contributed by atoms with E-state index in [0.29, 0.717) is 31.2 Å². The summed E-state index contributed by atoms with van der Waals surface area (Å²) in [5, 5.41) is 0.515. The summed E-state index contributed by atoms with van der Waals surface area (Å²) in [6, 6.07) is 6.69. The molecule has 1 aromatic rings. The molecule has 0 bridgehead atoms. The average Bonchev–Trinajstić information content (AvgIpc) is 2.67. The minimum absolute atomic E-state index is 0.150. The Labute approximate surface area is 173 Å². The van der Waals surface area contributed by atoms with Gasteiger partial charge in [-0.3, -0.25) is 4.79 Å². The largest absolute Gasteiger partial charge is 0.332 e. The van der Waals surface area contributed by atoms with E-state index in [2.05, 4.69) is 18.7 Å². The first-order chi connectivity index (χ1) is 13.2. The third-order valence-electron chi connectivity index (χ3n) is 6.25. The molecule has 0 spiro atoms. The third kappa shape index (κ3) is 4.37. The predicted molar refractivity (Wildman–Crippen MR) is 110 cm³/mol. The van der Waals surface area contributed by atoms with Gasteiger partial charge in [0.1, 0.15) is 0 Å². The first-order valence-electron chi connectivity index (χ1n) is 10.1. The normalized spacial score (nSPS) is 26.2. The number of rotatable bonds is 4. The van der Waals surface area contributed by atoms with Crippen LogP contribution < -0.4 is 4.90 Å². The molecule has 3 atom stereocenters. The summed E-state index contributed by atoms with van der Waals surface area (Å²) in [5.74, 6) is 0.198. The molecule has 0 aliphatic carbocycles. The summed E-state index contributed by atoms with van der Waals surface area (Å²) < 4.78 is 27.2. The van der Waals surface area contributed by atoms with E-state index in [9.17, 15) is 13.2 Å². The highest BCUT2D eigenvalue weighted by atomic mass is 35.5. The van der Waals surface area contributed by atoms with Crippen molar-refractivity contribution in [2.24, 2.45) is 0 Å². The number of carbonyl (C=O) groups excluding carboxylic acids is 1. The van der Waals surface area contributed by atoms with Gasteiger partial charge in [-0.1, -0.05) is 11.6 Å². The number of carbonyl (C=O) groups is 1. The summed E-state index contributed by atoms with van der Waals surface area (Å²) in [6.45, 7) is 8.35. The number of amides is 1. The zero-order valence-corrected chi connectivity index (χ0v) is 18.5. The van der Waals surface area contributed by atoms with Gasteiger partial charge in [0.2, 0.25) is 10.0 Å². The van der Waals surface area contributed by atoms with E-state index in [4.69, 9.17) is 11.6 Å². The van der Waals surface area contributed by atoms with E-state index in [1.54, 1.807) is 24.3 Å². The van der Waals surface area contributed by atoms with E-state index in [0.717, 1.165) is 17.7 Å². The van der Waals surface area contributed by atoms with Crippen molar-refractivity contribution in [2.45, 2.75) is 63.1 Å². The Balaban J connectivity index is 1.63. The number of nitrogens with zero attached hydrogens (tertiary/aromatic N) is 2. The van der Waals surface area contributed by atoms with E-state index in [1.807, 2.05) is 6.92 Å². The molecule has 2 aliphatic heterocycles. The summed E-state index contributed by atoms with van der Waals surface area (Å²) in [4.78, 5) is 16.6.